The van der Waals surface area contributed by atoms with E-state index in [0.717, 1.165) is 30.8 Å². The maximum atomic E-state index is 9.31. The Kier molecular flexibility index (Phi) is 3.47. The number of nitrogens with zero attached hydrogens (tertiary/aromatic N) is 2. The molecule has 1 unspecified atom stereocenters. The van der Waals surface area contributed by atoms with Crippen molar-refractivity contribution in [2.75, 3.05) is 18.6 Å². The number of nitriles is 1. The summed E-state index contributed by atoms with van der Waals surface area (Å²) >= 11 is 0. The summed E-state index contributed by atoms with van der Waals surface area (Å²) in [6.07, 6.45) is 2.04. The van der Waals surface area contributed by atoms with Gasteiger partial charge in [0.25, 0.3) is 0 Å². The number of piperidine rings is 1. The molecule has 0 aromatic heterocycles. The Labute approximate surface area is 109 Å². The van der Waals surface area contributed by atoms with E-state index in [1.54, 1.807) is 7.11 Å². The molecule has 0 bridgehead atoms. The second-order valence-corrected chi connectivity index (χ2v) is 5.30. The van der Waals surface area contributed by atoms with Crippen LogP contribution in [0.3, 0.4) is 0 Å². The van der Waals surface area contributed by atoms with Gasteiger partial charge in [0, 0.05) is 6.54 Å². The number of methoxy groups -OCH3 is 1. The first-order valence-corrected chi connectivity index (χ1v) is 6.41. The summed E-state index contributed by atoms with van der Waals surface area (Å²) in [5.74, 6) is 0.945. The van der Waals surface area contributed by atoms with E-state index in [-0.39, 0.29) is 11.5 Å². The van der Waals surface area contributed by atoms with Crippen molar-refractivity contribution in [1.82, 2.24) is 0 Å². The van der Waals surface area contributed by atoms with Gasteiger partial charge >= 0.3 is 0 Å². The SMILES string of the molecule is COc1ccccc1N1CCCC(C#N)C1(C)C. The highest BCUT2D eigenvalue weighted by Crippen LogP contribution is 2.40. The second-order valence-electron chi connectivity index (χ2n) is 5.30. The summed E-state index contributed by atoms with van der Waals surface area (Å²) < 4.78 is 5.44. The van der Waals surface area contributed by atoms with E-state index >= 15 is 0 Å². The molecule has 96 valence electrons. The zero-order chi connectivity index (χ0) is 13.2. The molecular formula is C15H20N2O. The molecule has 3 heteroatoms. The highest BCUT2D eigenvalue weighted by molar-refractivity contribution is 5.60. The van der Waals surface area contributed by atoms with Crippen molar-refractivity contribution in [3.8, 4) is 11.8 Å². The fraction of sp³-hybridized carbons (Fsp3) is 0.533. The lowest BCUT2D eigenvalue weighted by Crippen LogP contribution is -2.53. The third kappa shape index (κ3) is 2.03. The molecule has 2 rings (SSSR count). The van der Waals surface area contributed by atoms with Crippen LogP contribution in [0, 0.1) is 17.2 Å². The van der Waals surface area contributed by atoms with E-state index in [1.165, 1.54) is 0 Å². The molecule has 1 saturated heterocycles. The van der Waals surface area contributed by atoms with Gasteiger partial charge in [0.05, 0.1) is 30.3 Å². The maximum Gasteiger partial charge on any atom is 0.142 e. The van der Waals surface area contributed by atoms with Crippen molar-refractivity contribution in [1.29, 1.82) is 5.26 Å². The molecule has 1 aromatic carbocycles. The Hall–Kier alpha value is -1.69. The van der Waals surface area contributed by atoms with Crippen LogP contribution in [-0.2, 0) is 0 Å². The number of anilines is 1. The van der Waals surface area contributed by atoms with Crippen LogP contribution < -0.4 is 9.64 Å². The molecule has 0 spiro atoms. The minimum atomic E-state index is -0.151. The largest absolute Gasteiger partial charge is 0.495 e. The van der Waals surface area contributed by atoms with Crippen LogP contribution in [0.25, 0.3) is 0 Å². The summed E-state index contributed by atoms with van der Waals surface area (Å²) in [6, 6.07) is 10.5. The molecular weight excluding hydrogens is 224 g/mol. The van der Waals surface area contributed by atoms with Gasteiger partial charge in [-0.1, -0.05) is 12.1 Å². The second kappa shape index (κ2) is 4.89. The minimum Gasteiger partial charge on any atom is -0.495 e. The number of benzene rings is 1. The van der Waals surface area contributed by atoms with Crippen molar-refractivity contribution in [3.63, 3.8) is 0 Å². The van der Waals surface area contributed by atoms with E-state index in [1.807, 2.05) is 18.2 Å². The van der Waals surface area contributed by atoms with Crippen LogP contribution in [0.4, 0.5) is 5.69 Å². The number of hydrogen-bond acceptors (Lipinski definition) is 3. The van der Waals surface area contributed by atoms with Crippen molar-refractivity contribution in [2.45, 2.75) is 32.2 Å². The van der Waals surface area contributed by atoms with Crippen LogP contribution in [0.5, 0.6) is 5.75 Å². The molecule has 0 aliphatic carbocycles. The Morgan fingerprint density at radius 1 is 1.39 bits per heavy atom. The molecule has 18 heavy (non-hydrogen) atoms. The van der Waals surface area contributed by atoms with Gasteiger partial charge in [0.1, 0.15) is 5.75 Å². The number of hydrogen-bond donors (Lipinski definition) is 0. The molecule has 1 aliphatic heterocycles. The minimum absolute atomic E-state index is 0.0659. The number of ether oxygens (including phenoxy) is 1. The summed E-state index contributed by atoms with van der Waals surface area (Å²) in [6.45, 7) is 5.27. The lowest BCUT2D eigenvalue weighted by atomic mass is 9.79. The van der Waals surface area contributed by atoms with Gasteiger partial charge in [0.15, 0.2) is 0 Å². The van der Waals surface area contributed by atoms with Gasteiger partial charge in [-0.15, -0.1) is 0 Å². The average molecular weight is 244 g/mol. The van der Waals surface area contributed by atoms with Gasteiger partial charge in [-0.05, 0) is 38.8 Å². The quantitative estimate of drug-likeness (QED) is 0.801. The number of para-hydroxylation sites is 2. The zero-order valence-corrected chi connectivity index (χ0v) is 11.3. The molecule has 3 nitrogen and oxygen atoms in total. The Morgan fingerprint density at radius 2 is 2.11 bits per heavy atom. The predicted molar refractivity (Wildman–Crippen MR) is 72.8 cm³/mol. The smallest absolute Gasteiger partial charge is 0.142 e. The highest BCUT2D eigenvalue weighted by Gasteiger charge is 2.39. The number of rotatable bonds is 2. The molecule has 0 radical (unpaired) electrons. The fourth-order valence-electron chi connectivity index (χ4n) is 2.79. The molecule has 1 aliphatic rings. The van der Waals surface area contributed by atoms with Crippen LogP contribution in [0.1, 0.15) is 26.7 Å². The predicted octanol–water partition coefficient (Wildman–Crippen LogP) is 3.21. The standard InChI is InChI=1S/C15H20N2O/c1-15(2)12(11-16)7-6-10-17(15)13-8-4-5-9-14(13)18-3/h4-5,8-9,12H,6-7,10H2,1-3H3. The van der Waals surface area contributed by atoms with Crippen molar-refractivity contribution in [3.05, 3.63) is 24.3 Å². The van der Waals surface area contributed by atoms with Gasteiger partial charge in [-0.3, -0.25) is 0 Å². The molecule has 1 fully saturated rings. The van der Waals surface area contributed by atoms with Gasteiger partial charge < -0.3 is 9.64 Å². The lowest BCUT2D eigenvalue weighted by molar-refractivity contribution is 0.289. The fourth-order valence-corrected chi connectivity index (χ4v) is 2.79. The third-order valence-corrected chi connectivity index (χ3v) is 3.95. The van der Waals surface area contributed by atoms with Crippen molar-refractivity contribution in [2.24, 2.45) is 5.92 Å². The molecule has 1 atom stereocenters. The normalized spacial score (nSPS) is 22.3. The van der Waals surface area contributed by atoms with E-state index in [4.69, 9.17) is 4.74 Å². The topological polar surface area (TPSA) is 36.3 Å². The average Bonchev–Trinajstić information content (AvgIpc) is 2.38. The summed E-state index contributed by atoms with van der Waals surface area (Å²) in [7, 11) is 1.69. The molecule has 1 heterocycles. The van der Waals surface area contributed by atoms with E-state index in [0.29, 0.717) is 0 Å². The van der Waals surface area contributed by atoms with E-state index in [9.17, 15) is 5.26 Å². The molecule has 0 N–H and O–H groups in total. The first-order valence-electron chi connectivity index (χ1n) is 6.41. The van der Waals surface area contributed by atoms with Crippen LogP contribution in [0.15, 0.2) is 24.3 Å². The van der Waals surface area contributed by atoms with Gasteiger partial charge in [-0.25, -0.2) is 0 Å². The highest BCUT2D eigenvalue weighted by atomic mass is 16.5. The van der Waals surface area contributed by atoms with E-state index in [2.05, 4.69) is 30.9 Å². The van der Waals surface area contributed by atoms with Crippen LogP contribution in [0.2, 0.25) is 0 Å². The Balaban J connectivity index is 2.40. The Morgan fingerprint density at radius 3 is 2.78 bits per heavy atom. The van der Waals surface area contributed by atoms with Crippen LogP contribution >= 0.6 is 0 Å². The first-order chi connectivity index (χ1) is 8.61. The summed E-state index contributed by atoms with van der Waals surface area (Å²) in [5, 5.41) is 9.31. The summed E-state index contributed by atoms with van der Waals surface area (Å²) in [5.41, 5.74) is 0.937. The van der Waals surface area contributed by atoms with Gasteiger partial charge in [-0.2, -0.15) is 5.26 Å². The molecule has 0 saturated carbocycles. The monoisotopic (exact) mass is 244 g/mol. The zero-order valence-electron chi connectivity index (χ0n) is 11.3. The lowest BCUT2D eigenvalue weighted by Gasteiger charge is -2.47. The Bertz CT molecular complexity index is 462. The molecule has 1 aromatic rings. The third-order valence-electron chi connectivity index (χ3n) is 3.95. The molecule has 0 amide bonds. The van der Waals surface area contributed by atoms with Crippen molar-refractivity contribution >= 4 is 5.69 Å². The van der Waals surface area contributed by atoms with E-state index < -0.39 is 0 Å². The maximum absolute atomic E-state index is 9.31. The summed E-state index contributed by atoms with van der Waals surface area (Å²) in [4.78, 5) is 2.31. The van der Waals surface area contributed by atoms with Crippen molar-refractivity contribution < 1.29 is 4.74 Å². The van der Waals surface area contributed by atoms with Gasteiger partial charge in [0.2, 0.25) is 0 Å². The van der Waals surface area contributed by atoms with Crippen LogP contribution in [-0.4, -0.2) is 19.2 Å². The first kappa shape index (κ1) is 12.8.